The number of aliphatic hydroxyl groups is 3. The molecule has 2 saturated heterocycles. The van der Waals surface area contributed by atoms with Gasteiger partial charge in [0, 0.05) is 0 Å². The number of ether oxygens (including phenoxy) is 3. The standard InChI is InChI=1S/C8H12O7/c1-2(9)13-6-5-4(14-8(6)12)3(10)7(11)15-5/h2-7,9-11H,1H3. The van der Waals surface area contributed by atoms with E-state index in [9.17, 15) is 9.90 Å². The quantitative estimate of drug-likeness (QED) is 0.355. The Morgan fingerprint density at radius 3 is 2.67 bits per heavy atom. The highest BCUT2D eigenvalue weighted by Gasteiger charge is 2.57. The average Bonchev–Trinajstić information content (AvgIpc) is 2.56. The van der Waals surface area contributed by atoms with E-state index in [1.54, 1.807) is 0 Å². The SMILES string of the molecule is CC(O)OC1C(=O)OC2C(O)C(O)OC12. The number of esters is 1. The van der Waals surface area contributed by atoms with E-state index in [0.29, 0.717) is 0 Å². The maximum atomic E-state index is 11.2. The first-order valence-corrected chi connectivity index (χ1v) is 4.56. The molecule has 2 heterocycles. The molecule has 6 atom stereocenters. The summed E-state index contributed by atoms with van der Waals surface area (Å²) in [5, 5.41) is 27.5. The fraction of sp³-hybridized carbons (Fsp3) is 0.875. The number of rotatable bonds is 2. The van der Waals surface area contributed by atoms with E-state index < -0.39 is 43.0 Å². The minimum absolute atomic E-state index is 0.711. The van der Waals surface area contributed by atoms with Gasteiger partial charge in [0.15, 0.2) is 24.8 Å². The predicted molar refractivity (Wildman–Crippen MR) is 43.3 cm³/mol. The van der Waals surface area contributed by atoms with E-state index in [0.717, 1.165) is 0 Å². The van der Waals surface area contributed by atoms with Crippen molar-refractivity contribution in [2.45, 2.75) is 43.9 Å². The summed E-state index contributed by atoms with van der Waals surface area (Å²) in [5.41, 5.74) is 0. The van der Waals surface area contributed by atoms with Crippen LogP contribution in [-0.4, -0.2) is 58.3 Å². The molecule has 6 unspecified atom stereocenters. The zero-order chi connectivity index (χ0) is 11.2. The molecule has 2 aliphatic heterocycles. The van der Waals surface area contributed by atoms with Gasteiger partial charge in [-0.2, -0.15) is 0 Å². The minimum atomic E-state index is -1.40. The van der Waals surface area contributed by atoms with Crippen LogP contribution in [0.2, 0.25) is 0 Å². The maximum Gasteiger partial charge on any atom is 0.338 e. The minimum Gasteiger partial charge on any atom is -0.454 e. The molecule has 0 saturated carbocycles. The first kappa shape index (κ1) is 10.8. The van der Waals surface area contributed by atoms with E-state index in [4.69, 9.17) is 24.4 Å². The summed E-state index contributed by atoms with van der Waals surface area (Å²) in [5.74, 6) is -0.711. The van der Waals surface area contributed by atoms with E-state index in [2.05, 4.69) is 0 Å². The molecular formula is C8H12O7. The van der Waals surface area contributed by atoms with Crippen molar-refractivity contribution >= 4 is 5.97 Å². The average molecular weight is 220 g/mol. The lowest BCUT2D eigenvalue weighted by Crippen LogP contribution is -2.35. The van der Waals surface area contributed by atoms with Gasteiger partial charge in [-0.1, -0.05) is 0 Å². The Morgan fingerprint density at radius 1 is 1.40 bits per heavy atom. The van der Waals surface area contributed by atoms with Crippen LogP contribution < -0.4 is 0 Å². The number of hydrogen-bond acceptors (Lipinski definition) is 7. The Bertz CT molecular complexity index is 266. The number of carbonyl (C=O) groups excluding carboxylic acids is 1. The first-order valence-electron chi connectivity index (χ1n) is 4.56. The van der Waals surface area contributed by atoms with E-state index in [1.165, 1.54) is 6.92 Å². The molecule has 2 fully saturated rings. The Hall–Kier alpha value is -0.730. The second kappa shape index (κ2) is 3.69. The molecule has 0 aromatic heterocycles. The van der Waals surface area contributed by atoms with Crippen LogP contribution in [0.25, 0.3) is 0 Å². The van der Waals surface area contributed by atoms with Gasteiger partial charge in [0.25, 0.3) is 0 Å². The molecule has 0 amide bonds. The van der Waals surface area contributed by atoms with Crippen LogP contribution in [0.1, 0.15) is 6.92 Å². The monoisotopic (exact) mass is 220 g/mol. The third-order valence-corrected chi connectivity index (χ3v) is 2.38. The second-order valence-corrected chi connectivity index (χ2v) is 3.54. The lowest BCUT2D eigenvalue weighted by Gasteiger charge is -2.16. The van der Waals surface area contributed by atoms with Crippen molar-refractivity contribution in [1.29, 1.82) is 0 Å². The number of carbonyl (C=O) groups is 1. The van der Waals surface area contributed by atoms with Crippen LogP contribution in [-0.2, 0) is 19.0 Å². The lowest BCUT2D eigenvalue weighted by atomic mass is 10.1. The molecule has 0 aliphatic carbocycles. The van der Waals surface area contributed by atoms with Gasteiger partial charge >= 0.3 is 5.97 Å². The lowest BCUT2D eigenvalue weighted by molar-refractivity contribution is -0.195. The Kier molecular flexibility index (Phi) is 2.65. The summed E-state index contributed by atoms with van der Waals surface area (Å²) in [6, 6.07) is 0. The summed E-state index contributed by atoms with van der Waals surface area (Å²) in [6.45, 7) is 1.34. The highest BCUT2D eigenvalue weighted by Crippen LogP contribution is 2.32. The zero-order valence-corrected chi connectivity index (χ0v) is 7.94. The Morgan fingerprint density at radius 2 is 2.07 bits per heavy atom. The van der Waals surface area contributed by atoms with Gasteiger partial charge in [0.1, 0.15) is 12.2 Å². The van der Waals surface area contributed by atoms with Crippen LogP contribution in [0.5, 0.6) is 0 Å². The largest absolute Gasteiger partial charge is 0.454 e. The van der Waals surface area contributed by atoms with Crippen molar-refractivity contribution < 1.29 is 34.3 Å². The molecule has 0 aromatic carbocycles. The molecule has 0 radical (unpaired) electrons. The van der Waals surface area contributed by atoms with Gasteiger partial charge in [-0.15, -0.1) is 0 Å². The molecule has 86 valence electrons. The van der Waals surface area contributed by atoms with Crippen LogP contribution in [0, 0.1) is 0 Å². The topological polar surface area (TPSA) is 105 Å². The van der Waals surface area contributed by atoms with Gasteiger partial charge in [-0.3, -0.25) is 0 Å². The molecule has 0 bridgehead atoms. The third kappa shape index (κ3) is 1.72. The summed E-state index contributed by atoms with van der Waals surface area (Å²) in [4.78, 5) is 11.2. The van der Waals surface area contributed by atoms with Crippen LogP contribution in [0.15, 0.2) is 0 Å². The van der Waals surface area contributed by atoms with Crippen molar-refractivity contribution in [3.8, 4) is 0 Å². The van der Waals surface area contributed by atoms with Crippen molar-refractivity contribution in [3.05, 3.63) is 0 Å². The van der Waals surface area contributed by atoms with Crippen molar-refractivity contribution in [2.24, 2.45) is 0 Å². The molecule has 2 rings (SSSR count). The highest BCUT2D eigenvalue weighted by molar-refractivity contribution is 5.78. The normalized spacial score (nSPS) is 46.4. The molecule has 15 heavy (non-hydrogen) atoms. The molecule has 3 N–H and O–H groups in total. The fourth-order valence-electron chi connectivity index (χ4n) is 1.74. The van der Waals surface area contributed by atoms with Gasteiger partial charge in [0.05, 0.1) is 0 Å². The second-order valence-electron chi connectivity index (χ2n) is 3.54. The van der Waals surface area contributed by atoms with Crippen molar-refractivity contribution in [1.82, 2.24) is 0 Å². The van der Waals surface area contributed by atoms with Gasteiger partial charge in [-0.25, -0.2) is 4.79 Å². The number of fused-ring (bicyclic) bond motifs is 1. The number of hydrogen-bond donors (Lipinski definition) is 3. The Balaban J connectivity index is 2.10. The van der Waals surface area contributed by atoms with Crippen molar-refractivity contribution in [3.63, 3.8) is 0 Å². The third-order valence-electron chi connectivity index (χ3n) is 2.38. The molecule has 2 aliphatic rings. The van der Waals surface area contributed by atoms with Gasteiger partial charge in [-0.05, 0) is 6.92 Å². The fourth-order valence-corrected chi connectivity index (χ4v) is 1.74. The molecular weight excluding hydrogens is 208 g/mol. The smallest absolute Gasteiger partial charge is 0.338 e. The van der Waals surface area contributed by atoms with E-state index in [1.807, 2.05) is 0 Å². The molecule has 0 aromatic rings. The molecule has 0 spiro atoms. The van der Waals surface area contributed by atoms with E-state index >= 15 is 0 Å². The van der Waals surface area contributed by atoms with Crippen LogP contribution in [0.3, 0.4) is 0 Å². The van der Waals surface area contributed by atoms with E-state index in [-0.39, 0.29) is 0 Å². The molecule has 7 nitrogen and oxygen atoms in total. The predicted octanol–water partition coefficient (Wildman–Crippen LogP) is -2.29. The summed E-state index contributed by atoms with van der Waals surface area (Å²) in [6.07, 6.45) is -6.75. The van der Waals surface area contributed by atoms with Crippen molar-refractivity contribution in [2.75, 3.05) is 0 Å². The summed E-state index contributed by atoms with van der Waals surface area (Å²) >= 11 is 0. The van der Waals surface area contributed by atoms with Crippen LogP contribution in [0.4, 0.5) is 0 Å². The van der Waals surface area contributed by atoms with Crippen LogP contribution >= 0.6 is 0 Å². The highest BCUT2D eigenvalue weighted by atomic mass is 16.7. The zero-order valence-electron chi connectivity index (χ0n) is 7.94. The maximum absolute atomic E-state index is 11.2. The first-order chi connectivity index (χ1) is 7.00. The Labute approximate surface area is 85.2 Å². The number of aliphatic hydroxyl groups excluding tert-OH is 3. The summed E-state index contributed by atoms with van der Waals surface area (Å²) < 4.78 is 14.5. The van der Waals surface area contributed by atoms with Gasteiger partial charge in [0.2, 0.25) is 0 Å². The summed E-state index contributed by atoms with van der Waals surface area (Å²) in [7, 11) is 0. The molecule has 7 heteroatoms. The van der Waals surface area contributed by atoms with Gasteiger partial charge < -0.3 is 29.5 Å².